The maximum Gasteiger partial charge on any atom is 0.268 e. The number of benzene rings is 3. The summed E-state index contributed by atoms with van der Waals surface area (Å²) in [6, 6.07) is 23.7. The Labute approximate surface area is 180 Å². The van der Waals surface area contributed by atoms with E-state index in [1.54, 1.807) is 60.4 Å². The van der Waals surface area contributed by atoms with Gasteiger partial charge in [-0.05, 0) is 42.5 Å². The third-order valence-electron chi connectivity index (χ3n) is 4.57. The Morgan fingerprint density at radius 2 is 1.60 bits per heavy atom. The molecular formula is C23H21NO4S2. The van der Waals surface area contributed by atoms with Crippen LogP contribution in [0.5, 0.6) is 5.75 Å². The molecule has 154 valence electrons. The maximum absolute atomic E-state index is 13.1. The number of rotatable bonds is 8. The predicted octanol–water partition coefficient (Wildman–Crippen LogP) is 4.79. The van der Waals surface area contributed by atoms with Crippen LogP contribution >= 0.6 is 11.8 Å². The summed E-state index contributed by atoms with van der Waals surface area (Å²) in [6.45, 7) is 0.370. The average Bonchev–Trinajstić information content (AvgIpc) is 3.22. The fourth-order valence-corrected chi connectivity index (χ4v) is 5.46. The summed E-state index contributed by atoms with van der Waals surface area (Å²) < 4.78 is 33.6. The van der Waals surface area contributed by atoms with Gasteiger partial charge in [-0.2, -0.15) is 0 Å². The molecule has 5 nitrogen and oxygen atoms in total. The molecule has 0 aliphatic carbocycles. The summed E-state index contributed by atoms with van der Waals surface area (Å²) in [5, 5.41) is 9.85. The molecule has 0 aliphatic heterocycles. The van der Waals surface area contributed by atoms with Crippen LogP contribution in [0, 0.1) is 0 Å². The zero-order valence-corrected chi connectivity index (χ0v) is 17.8. The molecule has 4 aromatic rings. The SMILES string of the molecule is O=S(=O)(c1ccccc1)n1ccc2c(OCCCO)c(Sc3ccccc3)ccc21. The van der Waals surface area contributed by atoms with Gasteiger partial charge < -0.3 is 9.84 Å². The number of ether oxygens (including phenoxy) is 1. The Morgan fingerprint density at radius 1 is 0.900 bits per heavy atom. The molecule has 0 spiro atoms. The van der Waals surface area contributed by atoms with Crippen LogP contribution in [-0.2, 0) is 10.0 Å². The molecule has 7 heteroatoms. The van der Waals surface area contributed by atoms with Gasteiger partial charge in [-0.3, -0.25) is 0 Å². The number of aliphatic hydroxyl groups excluding tert-OH is 1. The van der Waals surface area contributed by atoms with Crippen molar-refractivity contribution in [3.05, 3.63) is 85.1 Å². The minimum Gasteiger partial charge on any atom is -0.492 e. The summed E-state index contributed by atoms with van der Waals surface area (Å²) in [6.07, 6.45) is 2.05. The summed E-state index contributed by atoms with van der Waals surface area (Å²) in [5.74, 6) is 0.622. The van der Waals surface area contributed by atoms with Crippen LogP contribution in [0.4, 0.5) is 0 Å². The van der Waals surface area contributed by atoms with Gasteiger partial charge in [0.1, 0.15) is 5.75 Å². The summed E-state index contributed by atoms with van der Waals surface area (Å²) in [7, 11) is -3.72. The van der Waals surface area contributed by atoms with Gasteiger partial charge in [0.05, 0.1) is 21.9 Å². The Hall–Kier alpha value is -2.74. The maximum atomic E-state index is 13.1. The smallest absolute Gasteiger partial charge is 0.268 e. The lowest BCUT2D eigenvalue weighted by Gasteiger charge is -2.14. The summed E-state index contributed by atoms with van der Waals surface area (Å²) in [4.78, 5) is 2.18. The van der Waals surface area contributed by atoms with E-state index in [0.29, 0.717) is 29.7 Å². The average molecular weight is 440 g/mol. The number of aliphatic hydroxyl groups is 1. The zero-order valence-electron chi connectivity index (χ0n) is 16.1. The van der Waals surface area contributed by atoms with Gasteiger partial charge in [-0.25, -0.2) is 12.4 Å². The number of aromatic nitrogens is 1. The van der Waals surface area contributed by atoms with Gasteiger partial charge in [0.25, 0.3) is 10.0 Å². The Morgan fingerprint density at radius 3 is 2.30 bits per heavy atom. The molecule has 0 bridgehead atoms. The topological polar surface area (TPSA) is 68.5 Å². The molecule has 0 unspecified atom stereocenters. The van der Waals surface area contributed by atoms with Crippen LogP contribution < -0.4 is 4.74 Å². The van der Waals surface area contributed by atoms with Crippen molar-refractivity contribution in [2.45, 2.75) is 21.1 Å². The lowest BCUT2D eigenvalue weighted by molar-refractivity contribution is 0.232. The quantitative estimate of drug-likeness (QED) is 0.400. The van der Waals surface area contributed by atoms with Gasteiger partial charge in [0.15, 0.2) is 0 Å². The van der Waals surface area contributed by atoms with E-state index in [4.69, 9.17) is 9.84 Å². The molecule has 0 radical (unpaired) electrons. The van der Waals surface area contributed by atoms with Crippen molar-refractivity contribution in [1.82, 2.24) is 3.97 Å². The van der Waals surface area contributed by atoms with Crippen molar-refractivity contribution in [1.29, 1.82) is 0 Å². The van der Waals surface area contributed by atoms with Gasteiger partial charge in [-0.1, -0.05) is 48.2 Å². The van der Waals surface area contributed by atoms with Gasteiger partial charge >= 0.3 is 0 Å². The molecule has 30 heavy (non-hydrogen) atoms. The number of hydrogen-bond donors (Lipinski definition) is 1. The first-order valence-corrected chi connectivity index (χ1v) is 11.8. The first kappa shape index (κ1) is 20.5. The molecule has 0 saturated carbocycles. The van der Waals surface area contributed by atoms with Gasteiger partial charge in [0, 0.05) is 29.5 Å². The molecule has 1 heterocycles. The Balaban J connectivity index is 1.81. The minimum atomic E-state index is -3.72. The van der Waals surface area contributed by atoms with Gasteiger partial charge in [0.2, 0.25) is 0 Å². The second kappa shape index (κ2) is 8.95. The first-order chi connectivity index (χ1) is 14.6. The Kier molecular flexibility index (Phi) is 6.13. The van der Waals surface area contributed by atoms with Crippen LogP contribution in [0.1, 0.15) is 6.42 Å². The second-order valence-electron chi connectivity index (χ2n) is 6.60. The van der Waals surface area contributed by atoms with Crippen LogP contribution in [0.15, 0.2) is 99.7 Å². The van der Waals surface area contributed by atoms with Crippen LogP contribution in [-0.4, -0.2) is 30.7 Å². The van der Waals surface area contributed by atoms with Crippen molar-refractivity contribution in [3.63, 3.8) is 0 Å². The highest BCUT2D eigenvalue weighted by molar-refractivity contribution is 7.99. The van der Waals surface area contributed by atoms with E-state index in [0.717, 1.165) is 9.79 Å². The molecule has 0 fully saturated rings. The van der Waals surface area contributed by atoms with Crippen molar-refractivity contribution >= 4 is 32.7 Å². The van der Waals surface area contributed by atoms with E-state index in [1.807, 2.05) is 36.4 Å². The molecule has 0 aliphatic rings. The van der Waals surface area contributed by atoms with Crippen LogP contribution in [0.2, 0.25) is 0 Å². The lowest BCUT2D eigenvalue weighted by atomic mass is 10.2. The van der Waals surface area contributed by atoms with E-state index >= 15 is 0 Å². The molecule has 3 aromatic carbocycles. The van der Waals surface area contributed by atoms with Crippen molar-refractivity contribution in [2.24, 2.45) is 0 Å². The molecule has 1 N–H and O–H groups in total. The Bertz CT molecular complexity index is 1240. The second-order valence-corrected chi connectivity index (χ2v) is 9.53. The van der Waals surface area contributed by atoms with Gasteiger partial charge in [-0.15, -0.1) is 0 Å². The summed E-state index contributed by atoms with van der Waals surface area (Å²) in [5.41, 5.74) is 0.551. The van der Waals surface area contributed by atoms with Crippen LogP contribution in [0.25, 0.3) is 10.9 Å². The molecule has 0 saturated heterocycles. The van der Waals surface area contributed by atoms with E-state index in [-0.39, 0.29) is 11.5 Å². The van der Waals surface area contributed by atoms with E-state index < -0.39 is 10.0 Å². The molecule has 0 atom stereocenters. The van der Waals surface area contributed by atoms with E-state index in [9.17, 15) is 8.42 Å². The van der Waals surface area contributed by atoms with Crippen molar-refractivity contribution in [2.75, 3.05) is 13.2 Å². The predicted molar refractivity (Wildman–Crippen MR) is 119 cm³/mol. The number of hydrogen-bond acceptors (Lipinski definition) is 5. The highest BCUT2D eigenvalue weighted by Crippen LogP contribution is 2.41. The fraction of sp³-hybridized carbons (Fsp3) is 0.130. The summed E-state index contributed by atoms with van der Waals surface area (Å²) >= 11 is 1.55. The lowest BCUT2D eigenvalue weighted by Crippen LogP contribution is -2.11. The first-order valence-electron chi connectivity index (χ1n) is 9.52. The van der Waals surface area contributed by atoms with E-state index in [1.165, 1.54) is 3.97 Å². The van der Waals surface area contributed by atoms with Crippen LogP contribution in [0.3, 0.4) is 0 Å². The minimum absolute atomic E-state index is 0.0283. The standard InChI is InChI=1S/C23H21NO4S2/c25-16-7-17-28-23-20-14-15-24(30(26,27)19-10-5-2-6-11-19)21(20)12-13-22(23)29-18-8-3-1-4-9-18/h1-6,8-15,25H,7,16-17H2. The highest BCUT2D eigenvalue weighted by Gasteiger charge is 2.21. The van der Waals surface area contributed by atoms with Crippen molar-refractivity contribution in [3.8, 4) is 5.75 Å². The third kappa shape index (κ3) is 4.09. The number of fused-ring (bicyclic) bond motifs is 1. The molecule has 0 amide bonds. The third-order valence-corrected chi connectivity index (χ3v) is 7.32. The highest BCUT2D eigenvalue weighted by atomic mass is 32.2. The zero-order chi connectivity index (χ0) is 21.0. The molecule has 1 aromatic heterocycles. The fourth-order valence-electron chi connectivity index (χ4n) is 3.14. The monoisotopic (exact) mass is 439 g/mol. The largest absolute Gasteiger partial charge is 0.492 e. The van der Waals surface area contributed by atoms with Crippen molar-refractivity contribution < 1.29 is 18.3 Å². The normalized spacial score (nSPS) is 11.6. The molecular weight excluding hydrogens is 418 g/mol. The van der Waals surface area contributed by atoms with E-state index in [2.05, 4.69) is 0 Å². The molecule has 4 rings (SSSR count). The number of nitrogens with zero attached hydrogens (tertiary/aromatic N) is 1.